The number of aromatic amines is 1. The first-order valence-corrected chi connectivity index (χ1v) is 5.90. The number of fused-ring (bicyclic) bond motifs is 1. The summed E-state index contributed by atoms with van der Waals surface area (Å²) in [6.07, 6.45) is 3.45. The molecule has 0 atom stereocenters. The summed E-state index contributed by atoms with van der Waals surface area (Å²) >= 11 is 1.71. The molecular weight excluding hydrogens is 220 g/mol. The lowest BCUT2D eigenvalue weighted by molar-refractivity contribution is 1.15. The van der Waals surface area contributed by atoms with Crippen LogP contribution < -0.4 is 5.32 Å². The van der Waals surface area contributed by atoms with Crippen LogP contribution in [0.3, 0.4) is 0 Å². The second-order valence-electron chi connectivity index (χ2n) is 3.48. The third-order valence-corrected chi connectivity index (χ3v) is 3.08. The highest BCUT2D eigenvalue weighted by molar-refractivity contribution is 7.07. The van der Waals surface area contributed by atoms with Crippen LogP contribution >= 0.6 is 11.3 Å². The number of hydrogen-bond donors (Lipinski definition) is 2. The number of nitrogens with one attached hydrogen (secondary N) is 2. The second kappa shape index (κ2) is 3.94. The van der Waals surface area contributed by atoms with Gasteiger partial charge in [-0.3, -0.25) is 0 Å². The van der Waals surface area contributed by atoms with Gasteiger partial charge in [0.1, 0.15) is 0 Å². The number of pyridine rings is 1. The number of nitrogens with zero attached hydrogens (tertiary/aromatic N) is 2. The minimum absolute atomic E-state index is 0.751. The van der Waals surface area contributed by atoms with E-state index in [1.165, 1.54) is 5.56 Å². The van der Waals surface area contributed by atoms with Gasteiger partial charge >= 0.3 is 0 Å². The highest BCUT2D eigenvalue weighted by atomic mass is 32.1. The van der Waals surface area contributed by atoms with Gasteiger partial charge in [-0.05, 0) is 28.5 Å². The van der Waals surface area contributed by atoms with Crippen LogP contribution in [0.4, 0.5) is 5.69 Å². The zero-order chi connectivity index (χ0) is 10.8. The summed E-state index contributed by atoms with van der Waals surface area (Å²) < 4.78 is 0. The number of H-pyrrole nitrogens is 1. The molecule has 80 valence electrons. The number of thiophene rings is 1. The van der Waals surface area contributed by atoms with E-state index in [1.54, 1.807) is 23.9 Å². The Morgan fingerprint density at radius 1 is 1.38 bits per heavy atom. The molecule has 0 amide bonds. The van der Waals surface area contributed by atoms with E-state index in [1.807, 2.05) is 6.07 Å². The largest absolute Gasteiger partial charge is 0.380 e. The third kappa shape index (κ3) is 1.77. The molecule has 0 saturated carbocycles. The minimum atomic E-state index is 0.751. The Kier molecular flexibility index (Phi) is 2.30. The summed E-state index contributed by atoms with van der Waals surface area (Å²) in [7, 11) is 0. The highest BCUT2D eigenvalue weighted by Gasteiger charge is 1.99. The van der Waals surface area contributed by atoms with Crippen molar-refractivity contribution < 1.29 is 0 Å². The van der Waals surface area contributed by atoms with Crippen molar-refractivity contribution in [3.05, 3.63) is 41.0 Å². The van der Waals surface area contributed by atoms with Gasteiger partial charge in [0.15, 0.2) is 5.65 Å². The molecule has 16 heavy (non-hydrogen) atoms. The van der Waals surface area contributed by atoms with Crippen LogP contribution in [0.2, 0.25) is 0 Å². The molecule has 0 aromatic carbocycles. The molecule has 5 heteroatoms. The molecule has 0 aliphatic rings. The van der Waals surface area contributed by atoms with Crippen LogP contribution in [-0.2, 0) is 6.54 Å². The predicted molar refractivity (Wildman–Crippen MR) is 65.5 cm³/mol. The summed E-state index contributed by atoms with van der Waals surface area (Å²) in [5, 5.41) is 7.54. The molecular formula is C11H10N4S. The molecule has 0 saturated heterocycles. The smallest absolute Gasteiger partial charge is 0.177 e. The maximum Gasteiger partial charge on any atom is 0.177 e. The third-order valence-electron chi connectivity index (χ3n) is 2.35. The molecule has 0 bridgehead atoms. The maximum absolute atomic E-state index is 4.24. The van der Waals surface area contributed by atoms with Gasteiger partial charge in [0.2, 0.25) is 0 Å². The van der Waals surface area contributed by atoms with E-state index >= 15 is 0 Å². The van der Waals surface area contributed by atoms with Crippen molar-refractivity contribution in [3.8, 4) is 0 Å². The fourth-order valence-corrected chi connectivity index (χ4v) is 2.19. The first-order valence-electron chi connectivity index (χ1n) is 4.96. The molecule has 3 aromatic heterocycles. The molecule has 0 aliphatic carbocycles. The van der Waals surface area contributed by atoms with Crippen molar-refractivity contribution in [2.24, 2.45) is 0 Å². The van der Waals surface area contributed by atoms with Gasteiger partial charge in [-0.25, -0.2) is 9.97 Å². The standard InChI is InChI=1S/C11H10N4S/c1-2-16-6-8(1)4-12-9-3-10-11(13-5-9)15-7-14-10/h1-3,5-7,12H,4H2,(H,13,14,15). The molecule has 0 unspecified atom stereocenters. The average Bonchev–Trinajstić information content (AvgIpc) is 2.97. The summed E-state index contributed by atoms with van der Waals surface area (Å²) in [6.45, 7) is 0.824. The average molecular weight is 230 g/mol. The van der Waals surface area contributed by atoms with E-state index in [0.717, 1.165) is 23.4 Å². The minimum Gasteiger partial charge on any atom is -0.380 e. The van der Waals surface area contributed by atoms with Crippen LogP contribution in [0.15, 0.2) is 35.4 Å². The number of imidazole rings is 1. The van der Waals surface area contributed by atoms with Gasteiger partial charge in [0.25, 0.3) is 0 Å². The first-order chi connectivity index (χ1) is 7.92. The van der Waals surface area contributed by atoms with E-state index in [2.05, 4.69) is 37.1 Å². The van der Waals surface area contributed by atoms with Crippen molar-refractivity contribution >= 4 is 28.2 Å². The van der Waals surface area contributed by atoms with Crippen molar-refractivity contribution in [2.45, 2.75) is 6.54 Å². The molecule has 3 rings (SSSR count). The Morgan fingerprint density at radius 3 is 3.25 bits per heavy atom. The number of aromatic nitrogens is 3. The Morgan fingerprint density at radius 2 is 2.38 bits per heavy atom. The lowest BCUT2D eigenvalue weighted by atomic mass is 10.3. The van der Waals surface area contributed by atoms with Gasteiger partial charge in [-0.2, -0.15) is 11.3 Å². The topological polar surface area (TPSA) is 53.6 Å². The highest BCUT2D eigenvalue weighted by Crippen LogP contribution is 2.14. The van der Waals surface area contributed by atoms with Gasteiger partial charge in [0.05, 0.1) is 23.7 Å². The van der Waals surface area contributed by atoms with Gasteiger partial charge in [0, 0.05) is 6.54 Å². The Labute approximate surface area is 96.4 Å². The fourth-order valence-electron chi connectivity index (χ4n) is 1.52. The van der Waals surface area contributed by atoms with Crippen LogP contribution in [0.1, 0.15) is 5.56 Å². The van der Waals surface area contributed by atoms with Gasteiger partial charge in [-0.1, -0.05) is 0 Å². The monoisotopic (exact) mass is 230 g/mol. The summed E-state index contributed by atoms with van der Waals surface area (Å²) in [5.41, 5.74) is 3.99. The van der Waals surface area contributed by atoms with E-state index in [0.29, 0.717) is 0 Å². The van der Waals surface area contributed by atoms with Crippen LogP contribution in [0.25, 0.3) is 11.2 Å². The lowest BCUT2D eigenvalue weighted by Gasteiger charge is -2.03. The molecule has 3 heterocycles. The van der Waals surface area contributed by atoms with Gasteiger partial charge < -0.3 is 10.3 Å². The number of hydrogen-bond acceptors (Lipinski definition) is 4. The second-order valence-corrected chi connectivity index (χ2v) is 4.26. The maximum atomic E-state index is 4.24. The molecule has 0 radical (unpaired) electrons. The summed E-state index contributed by atoms with van der Waals surface area (Å²) in [4.78, 5) is 11.4. The van der Waals surface area contributed by atoms with Gasteiger partial charge in [-0.15, -0.1) is 0 Å². The molecule has 0 fully saturated rings. The van der Waals surface area contributed by atoms with E-state index in [-0.39, 0.29) is 0 Å². The first kappa shape index (κ1) is 9.35. The zero-order valence-corrected chi connectivity index (χ0v) is 9.29. The number of anilines is 1. The van der Waals surface area contributed by atoms with E-state index < -0.39 is 0 Å². The predicted octanol–water partition coefficient (Wildman–Crippen LogP) is 2.63. The fraction of sp³-hybridized carbons (Fsp3) is 0.0909. The summed E-state index contributed by atoms with van der Waals surface area (Å²) in [5.74, 6) is 0. The summed E-state index contributed by atoms with van der Waals surface area (Å²) in [6, 6.07) is 4.13. The number of rotatable bonds is 3. The van der Waals surface area contributed by atoms with E-state index in [4.69, 9.17) is 0 Å². The van der Waals surface area contributed by atoms with Crippen molar-refractivity contribution in [3.63, 3.8) is 0 Å². The quantitative estimate of drug-likeness (QED) is 0.727. The Hall–Kier alpha value is -1.88. The van der Waals surface area contributed by atoms with E-state index in [9.17, 15) is 0 Å². The molecule has 3 aromatic rings. The normalized spacial score (nSPS) is 10.8. The Balaban J connectivity index is 1.78. The molecule has 0 spiro atoms. The van der Waals surface area contributed by atoms with Crippen molar-refractivity contribution in [2.75, 3.05) is 5.32 Å². The molecule has 0 aliphatic heterocycles. The Bertz CT molecular complexity index is 585. The lowest BCUT2D eigenvalue weighted by Crippen LogP contribution is -1.98. The van der Waals surface area contributed by atoms with Crippen LogP contribution in [-0.4, -0.2) is 15.0 Å². The van der Waals surface area contributed by atoms with Crippen LogP contribution in [0, 0.1) is 0 Å². The van der Waals surface area contributed by atoms with Crippen molar-refractivity contribution in [1.29, 1.82) is 0 Å². The van der Waals surface area contributed by atoms with Crippen molar-refractivity contribution in [1.82, 2.24) is 15.0 Å². The molecule has 4 nitrogen and oxygen atoms in total. The SMILES string of the molecule is c1nc2ncc(NCc3ccsc3)cc2[nH]1. The van der Waals surface area contributed by atoms with Crippen LogP contribution in [0.5, 0.6) is 0 Å². The molecule has 2 N–H and O–H groups in total. The zero-order valence-electron chi connectivity index (χ0n) is 8.47.